The second-order valence-electron chi connectivity index (χ2n) is 6.61. The van der Waals surface area contributed by atoms with Crippen molar-refractivity contribution in [3.8, 4) is 0 Å². The van der Waals surface area contributed by atoms with Crippen LogP contribution in [-0.2, 0) is 32.2 Å². The first kappa shape index (κ1) is 17.8. The maximum Gasteiger partial charge on any atom is 0.0638 e. The Morgan fingerprint density at radius 1 is 0.917 bits per heavy atom. The highest BCUT2D eigenvalue weighted by Gasteiger charge is 2.24. The summed E-state index contributed by atoms with van der Waals surface area (Å²) in [4.78, 5) is 0. The molecule has 0 unspecified atom stereocenters. The molecule has 0 amide bonds. The molecule has 1 N–H and O–H groups in total. The summed E-state index contributed by atoms with van der Waals surface area (Å²) in [5.74, 6) is 0. The average molecular weight is 383 g/mol. The molecule has 2 aliphatic rings. The molecule has 0 radical (unpaired) electrons. The molecule has 2 aliphatic carbocycles. The number of pyridine rings is 1. The van der Waals surface area contributed by atoms with Crippen LogP contribution in [0.4, 0.5) is 0 Å². The minimum atomic E-state index is 0. The summed E-state index contributed by atoms with van der Waals surface area (Å²) in [5.41, 5.74) is 6.40. The molecule has 24 heavy (non-hydrogen) atoms. The zero-order chi connectivity index (χ0) is 16.0. The summed E-state index contributed by atoms with van der Waals surface area (Å²) < 4.78 is 2.46. The standard InChI is InChI=1S/C19H20Cl2N2.ClH/c20-13-9-8-12(16(21)10-13)11-23-17-6-2-1-4-14(17)19(22)15-5-3-7-18(15)23;/h8-10,22H,1-7,11H2;1H/p-1. The normalized spacial score (nSPS) is 15.6. The van der Waals surface area contributed by atoms with Crippen molar-refractivity contribution in [3.63, 3.8) is 0 Å². The first-order valence-electron chi connectivity index (χ1n) is 8.40. The highest BCUT2D eigenvalue weighted by molar-refractivity contribution is 6.35. The van der Waals surface area contributed by atoms with Gasteiger partial charge in [-0.25, -0.2) is 0 Å². The summed E-state index contributed by atoms with van der Waals surface area (Å²) in [6, 6.07) is 5.77. The van der Waals surface area contributed by atoms with E-state index in [1.54, 1.807) is 0 Å². The predicted octanol–water partition coefficient (Wildman–Crippen LogP) is 1.69. The van der Waals surface area contributed by atoms with Gasteiger partial charge >= 0.3 is 0 Å². The lowest BCUT2D eigenvalue weighted by Gasteiger charge is -2.26. The van der Waals surface area contributed by atoms with Crippen LogP contribution in [-0.4, -0.2) is 4.57 Å². The van der Waals surface area contributed by atoms with Crippen molar-refractivity contribution >= 4 is 23.2 Å². The first-order valence-corrected chi connectivity index (χ1v) is 9.15. The average Bonchev–Trinajstić information content (AvgIpc) is 3.03. The molecule has 0 atom stereocenters. The largest absolute Gasteiger partial charge is 1.00 e. The van der Waals surface area contributed by atoms with E-state index in [0.717, 1.165) is 48.2 Å². The Morgan fingerprint density at radius 3 is 2.25 bits per heavy atom. The molecule has 5 heteroatoms. The molecule has 0 saturated heterocycles. The van der Waals surface area contributed by atoms with Crippen molar-refractivity contribution in [3.05, 3.63) is 61.7 Å². The van der Waals surface area contributed by atoms with Crippen molar-refractivity contribution in [1.29, 1.82) is 5.41 Å². The Bertz CT molecular complexity index is 839. The van der Waals surface area contributed by atoms with Gasteiger partial charge in [0.1, 0.15) is 0 Å². The molecule has 2 aromatic rings. The lowest BCUT2D eigenvalue weighted by Crippen LogP contribution is -3.00. The fourth-order valence-electron chi connectivity index (χ4n) is 4.11. The van der Waals surface area contributed by atoms with Crippen molar-refractivity contribution in [2.75, 3.05) is 0 Å². The first-order chi connectivity index (χ1) is 11.1. The number of aromatic nitrogens is 1. The number of nitrogens with one attached hydrogen (secondary N) is 1. The monoisotopic (exact) mass is 381 g/mol. The van der Waals surface area contributed by atoms with Gasteiger partial charge < -0.3 is 22.4 Å². The Balaban J connectivity index is 0.00000169. The Hall–Kier alpha value is -0.960. The molecule has 1 aromatic heterocycles. The number of fused-ring (bicyclic) bond motifs is 2. The van der Waals surface area contributed by atoms with Crippen LogP contribution >= 0.6 is 23.2 Å². The Labute approximate surface area is 158 Å². The van der Waals surface area contributed by atoms with E-state index in [-0.39, 0.29) is 12.4 Å². The number of hydrogen-bond donors (Lipinski definition) is 1. The van der Waals surface area contributed by atoms with Crippen molar-refractivity contribution < 1.29 is 12.4 Å². The Kier molecular flexibility index (Phi) is 5.29. The third-order valence-corrected chi connectivity index (χ3v) is 5.81. The highest BCUT2D eigenvalue weighted by Crippen LogP contribution is 2.29. The van der Waals surface area contributed by atoms with Crippen LogP contribution in [0.25, 0.3) is 0 Å². The van der Waals surface area contributed by atoms with Crippen molar-refractivity contribution in [2.24, 2.45) is 0 Å². The van der Waals surface area contributed by atoms with E-state index in [1.165, 1.54) is 41.8 Å². The van der Waals surface area contributed by atoms with Gasteiger partial charge in [-0.1, -0.05) is 29.3 Å². The molecule has 1 heterocycles. The molecule has 0 saturated carbocycles. The molecule has 0 fully saturated rings. The fourth-order valence-corrected chi connectivity index (χ4v) is 4.58. The van der Waals surface area contributed by atoms with Crippen LogP contribution in [0.2, 0.25) is 10.0 Å². The summed E-state index contributed by atoms with van der Waals surface area (Å²) in [7, 11) is 0. The quantitative estimate of drug-likeness (QED) is 0.819. The van der Waals surface area contributed by atoms with E-state index in [2.05, 4.69) is 4.57 Å². The van der Waals surface area contributed by atoms with Gasteiger partial charge in [0.15, 0.2) is 0 Å². The molecule has 0 spiro atoms. The van der Waals surface area contributed by atoms with Gasteiger partial charge in [0.25, 0.3) is 0 Å². The lowest BCUT2D eigenvalue weighted by molar-refractivity contribution is -0.00000471. The van der Waals surface area contributed by atoms with E-state index in [9.17, 15) is 0 Å². The van der Waals surface area contributed by atoms with Crippen LogP contribution in [0.1, 0.15) is 47.3 Å². The second kappa shape index (κ2) is 7.11. The predicted molar refractivity (Wildman–Crippen MR) is 94.5 cm³/mol. The topological polar surface area (TPSA) is 28.8 Å². The van der Waals surface area contributed by atoms with Gasteiger partial charge in [0.2, 0.25) is 0 Å². The summed E-state index contributed by atoms with van der Waals surface area (Å²) in [6.07, 6.45) is 7.86. The van der Waals surface area contributed by atoms with Crippen molar-refractivity contribution in [2.45, 2.75) is 51.5 Å². The molecular formula is C19H20Cl3N2-. The van der Waals surface area contributed by atoms with Gasteiger partial charge in [-0.2, -0.15) is 0 Å². The van der Waals surface area contributed by atoms with Crippen LogP contribution < -0.4 is 17.8 Å². The van der Waals surface area contributed by atoms with Gasteiger partial charge in [-0.3, -0.25) is 0 Å². The Morgan fingerprint density at radius 2 is 1.54 bits per heavy atom. The van der Waals surface area contributed by atoms with Gasteiger partial charge in [-0.15, -0.1) is 0 Å². The summed E-state index contributed by atoms with van der Waals surface area (Å²) in [5, 5.41) is 10.8. The summed E-state index contributed by atoms with van der Waals surface area (Å²) >= 11 is 12.4. The third kappa shape index (κ3) is 3.00. The summed E-state index contributed by atoms with van der Waals surface area (Å²) in [6.45, 7) is 0.793. The van der Waals surface area contributed by atoms with Crippen LogP contribution in [0, 0.1) is 5.41 Å². The molecule has 4 rings (SSSR count). The smallest absolute Gasteiger partial charge is 0.0638 e. The zero-order valence-corrected chi connectivity index (χ0v) is 15.7. The van der Waals surface area contributed by atoms with E-state index in [1.807, 2.05) is 18.2 Å². The lowest BCUT2D eigenvalue weighted by atomic mass is 9.92. The number of halogens is 3. The van der Waals surface area contributed by atoms with E-state index >= 15 is 0 Å². The molecule has 128 valence electrons. The van der Waals surface area contributed by atoms with Crippen molar-refractivity contribution in [1.82, 2.24) is 4.57 Å². The molecule has 1 aromatic carbocycles. The number of rotatable bonds is 2. The number of hydrogen-bond acceptors (Lipinski definition) is 1. The highest BCUT2D eigenvalue weighted by atomic mass is 35.5. The molecular weight excluding hydrogens is 363 g/mol. The maximum atomic E-state index is 8.60. The number of nitrogens with zero attached hydrogens (tertiary/aromatic N) is 1. The molecule has 0 aliphatic heterocycles. The maximum absolute atomic E-state index is 8.60. The SMILES string of the molecule is N=c1c2c(n(Cc3ccc(Cl)cc3Cl)c3c1CCC3)CCCC2.[Cl-]. The van der Waals surface area contributed by atoms with Gasteiger partial charge in [0, 0.05) is 28.0 Å². The minimum Gasteiger partial charge on any atom is -1.00 e. The minimum absolute atomic E-state index is 0. The fraction of sp³-hybridized carbons (Fsp3) is 0.421. The van der Waals surface area contributed by atoms with E-state index in [4.69, 9.17) is 28.6 Å². The zero-order valence-electron chi connectivity index (χ0n) is 13.5. The van der Waals surface area contributed by atoms with Gasteiger partial charge in [0.05, 0.1) is 5.36 Å². The molecule has 0 bridgehead atoms. The van der Waals surface area contributed by atoms with E-state index in [0.29, 0.717) is 5.02 Å². The van der Waals surface area contributed by atoms with Gasteiger partial charge in [-0.05, 0) is 73.8 Å². The van der Waals surface area contributed by atoms with Crippen LogP contribution in [0.5, 0.6) is 0 Å². The number of benzene rings is 1. The third-order valence-electron chi connectivity index (χ3n) is 5.23. The van der Waals surface area contributed by atoms with Crippen LogP contribution in [0.15, 0.2) is 18.2 Å². The second-order valence-corrected chi connectivity index (χ2v) is 7.45. The van der Waals surface area contributed by atoms with E-state index < -0.39 is 0 Å². The molecule has 2 nitrogen and oxygen atoms in total. The van der Waals surface area contributed by atoms with Crippen LogP contribution in [0.3, 0.4) is 0 Å².